The standard InChI is InChI=1S/C20H18N4O3/c1-3-24(4-2)15-7-8-16-14(10-15)11-17(26-16)19-23-20(25)22-18(27-19)13-6-5-9-21-12-13/h5-12H,3-4H2,1-2H3. The Balaban J connectivity index is 1.78. The van der Waals surface area contributed by atoms with Gasteiger partial charge < -0.3 is 13.7 Å². The second-order valence-electron chi connectivity index (χ2n) is 5.97. The van der Waals surface area contributed by atoms with Crippen molar-refractivity contribution in [3.05, 3.63) is 59.3 Å². The van der Waals surface area contributed by atoms with E-state index in [2.05, 4.69) is 39.8 Å². The lowest BCUT2D eigenvalue weighted by Crippen LogP contribution is -2.21. The number of aromatic nitrogens is 3. The zero-order valence-electron chi connectivity index (χ0n) is 15.0. The van der Waals surface area contributed by atoms with Gasteiger partial charge in [-0.15, -0.1) is 0 Å². The van der Waals surface area contributed by atoms with Gasteiger partial charge in [0.15, 0.2) is 5.76 Å². The average Bonchev–Trinajstić information content (AvgIpc) is 3.13. The van der Waals surface area contributed by atoms with Crippen molar-refractivity contribution in [3.63, 3.8) is 0 Å². The third kappa shape index (κ3) is 3.31. The largest absolute Gasteiger partial charge is 0.451 e. The fourth-order valence-corrected chi connectivity index (χ4v) is 2.98. The molecule has 0 aliphatic carbocycles. The molecule has 136 valence electrons. The molecule has 4 aromatic rings. The first-order valence-electron chi connectivity index (χ1n) is 8.76. The number of hydrogen-bond donors (Lipinski definition) is 0. The first-order chi connectivity index (χ1) is 13.2. The van der Waals surface area contributed by atoms with E-state index in [1.807, 2.05) is 18.2 Å². The highest BCUT2D eigenvalue weighted by Gasteiger charge is 2.15. The van der Waals surface area contributed by atoms with Crippen molar-refractivity contribution in [1.29, 1.82) is 0 Å². The lowest BCUT2D eigenvalue weighted by Gasteiger charge is -2.20. The number of rotatable bonds is 5. The van der Waals surface area contributed by atoms with Crippen LogP contribution in [0.4, 0.5) is 5.69 Å². The second-order valence-corrected chi connectivity index (χ2v) is 5.97. The molecule has 4 rings (SSSR count). The molecule has 0 unspecified atom stereocenters. The molecule has 0 amide bonds. The molecule has 0 N–H and O–H groups in total. The summed E-state index contributed by atoms with van der Waals surface area (Å²) >= 11 is 0. The average molecular weight is 362 g/mol. The maximum Gasteiger partial charge on any atom is 0.373 e. The third-order valence-electron chi connectivity index (χ3n) is 4.34. The molecule has 0 spiro atoms. The van der Waals surface area contributed by atoms with Gasteiger partial charge in [-0.05, 0) is 50.2 Å². The van der Waals surface area contributed by atoms with Crippen molar-refractivity contribution >= 4 is 16.7 Å². The SMILES string of the molecule is CCN(CC)c1ccc2oc(-c3nc(=O)nc(-c4cccnc4)o3)cc2c1. The Hall–Kier alpha value is -3.48. The first-order valence-corrected chi connectivity index (χ1v) is 8.76. The minimum Gasteiger partial charge on any atom is -0.451 e. The highest BCUT2D eigenvalue weighted by Crippen LogP contribution is 2.30. The fourth-order valence-electron chi connectivity index (χ4n) is 2.98. The maximum absolute atomic E-state index is 11.9. The summed E-state index contributed by atoms with van der Waals surface area (Å²) in [6.07, 6.45) is 3.21. The van der Waals surface area contributed by atoms with Crippen LogP contribution in [0.1, 0.15) is 13.8 Å². The van der Waals surface area contributed by atoms with E-state index in [4.69, 9.17) is 8.83 Å². The zero-order chi connectivity index (χ0) is 18.8. The van der Waals surface area contributed by atoms with Crippen LogP contribution in [-0.2, 0) is 0 Å². The second kappa shape index (κ2) is 7.03. The Kier molecular flexibility index (Phi) is 4.42. The molecule has 0 radical (unpaired) electrons. The zero-order valence-corrected chi connectivity index (χ0v) is 15.0. The molecular formula is C20H18N4O3. The number of fused-ring (bicyclic) bond motifs is 1. The minimum atomic E-state index is -0.639. The van der Waals surface area contributed by atoms with Crippen molar-refractivity contribution in [1.82, 2.24) is 15.0 Å². The highest BCUT2D eigenvalue weighted by molar-refractivity contribution is 5.85. The van der Waals surface area contributed by atoms with Gasteiger partial charge in [-0.25, -0.2) is 4.79 Å². The van der Waals surface area contributed by atoms with Gasteiger partial charge in [-0.2, -0.15) is 9.97 Å². The number of pyridine rings is 1. The normalized spacial score (nSPS) is 11.0. The van der Waals surface area contributed by atoms with E-state index >= 15 is 0 Å². The summed E-state index contributed by atoms with van der Waals surface area (Å²) in [5.41, 5.74) is 1.77. The highest BCUT2D eigenvalue weighted by atomic mass is 16.4. The van der Waals surface area contributed by atoms with Crippen LogP contribution >= 0.6 is 0 Å². The lowest BCUT2D eigenvalue weighted by molar-refractivity contribution is 0.501. The van der Waals surface area contributed by atoms with Crippen molar-refractivity contribution in [2.45, 2.75) is 13.8 Å². The molecule has 3 aromatic heterocycles. The Morgan fingerprint density at radius 2 is 1.81 bits per heavy atom. The summed E-state index contributed by atoms with van der Waals surface area (Å²) in [7, 11) is 0. The van der Waals surface area contributed by atoms with Crippen LogP contribution in [-0.4, -0.2) is 28.0 Å². The molecule has 0 bridgehead atoms. The van der Waals surface area contributed by atoms with Gasteiger partial charge in [0.2, 0.25) is 5.89 Å². The Morgan fingerprint density at radius 1 is 1.00 bits per heavy atom. The van der Waals surface area contributed by atoms with Crippen LogP contribution in [0.25, 0.3) is 34.1 Å². The summed E-state index contributed by atoms with van der Waals surface area (Å²) in [5.74, 6) is 0.628. The molecule has 27 heavy (non-hydrogen) atoms. The Labute approximate surface area is 155 Å². The van der Waals surface area contributed by atoms with E-state index in [0.29, 0.717) is 16.9 Å². The predicted molar refractivity (Wildman–Crippen MR) is 103 cm³/mol. The minimum absolute atomic E-state index is 0.0921. The molecule has 3 heterocycles. The number of nitrogens with zero attached hydrogens (tertiary/aromatic N) is 4. The molecule has 7 heteroatoms. The van der Waals surface area contributed by atoms with Crippen molar-refractivity contribution in [3.8, 4) is 23.1 Å². The van der Waals surface area contributed by atoms with Crippen LogP contribution in [0.2, 0.25) is 0 Å². The van der Waals surface area contributed by atoms with Gasteiger partial charge in [-0.3, -0.25) is 4.98 Å². The smallest absolute Gasteiger partial charge is 0.373 e. The van der Waals surface area contributed by atoms with E-state index in [0.717, 1.165) is 24.2 Å². The number of hydrogen-bond acceptors (Lipinski definition) is 7. The van der Waals surface area contributed by atoms with Crippen molar-refractivity contribution < 1.29 is 8.83 Å². The molecule has 0 fully saturated rings. The summed E-state index contributed by atoms with van der Waals surface area (Å²) in [6.45, 7) is 6.07. The van der Waals surface area contributed by atoms with E-state index < -0.39 is 5.69 Å². The topological polar surface area (TPSA) is 85.3 Å². The molecule has 0 aliphatic heterocycles. The first kappa shape index (κ1) is 17.0. The Bertz CT molecular complexity index is 1130. The van der Waals surface area contributed by atoms with E-state index in [1.165, 1.54) is 0 Å². The van der Waals surface area contributed by atoms with E-state index in [1.54, 1.807) is 24.5 Å². The molecule has 7 nitrogen and oxygen atoms in total. The lowest BCUT2D eigenvalue weighted by atomic mass is 10.2. The summed E-state index contributed by atoms with van der Waals surface area (Å²) in [4.78, 5) is 25.9. The molecular weight excluding hydrogens is 344 g/mol. The third-order valence-corrected chi connectivity index (χ3v) is 4.34. The summed E-state index contributed by atoms with van der Waals surface area (Å²) < 4.78 is 11.6. The molecule has 0 atom stereocenters. The van der Waals surface area contributed by atoms with Gasteiger partial charge in [0.25, 0.3) is 5.89 Å². The quantitative estimate of drug-likeness (QED) is 0.534. The van der Waals surface area contributed by atoms with E-state index in [9.17, 15) is 4.79 Å². The monoisotopic (exact) mass is 362 g/mol. The summed E-state index contributed by atoms with van der Waals surface area (Å²) in [5, 5.41) is 0.915. The van der Waals surface area contributed by atoms with Crippen molar-refractivity contribution in [2.24, 2.45) is 0 Å². The molecule has 0 saturated carbocycles. The number of anilines is 1. The molecule has 0 aliphatic rings. The van der Waals surface area contributed by atoms with Gasteiger partial charge in [0, 0.05) is 36.6 Å². The predicted octanol–water partition coefficient (Wildman–Crippen LogP) is 3.75. The van der Waals surface area contributed by atoms with Gasteiger partial charge >= 0.3 is 5.69 Å². The molecule has 0 saturated heterocycles. The van der Waals surface area contributed by atoms with Crippen molar-refractivity contribution in [2.75, 3.05) is 18.0 Å². The van der Waals surface area contributed by atoms with Gasteiger partial charge in [0.05, 0.1) is 5.56 Å². The van der Waals surface area contributed by atoms with Crippen LogP contribution in [0.5, 0.6) is 0 Å². The van der Waals surface area contributed by atoms with Crippen LogP contribution < -0.4 is 10.6 Å². The van der Waals surface area contributed by atoms with Crippen LogP contribution in [0.3, 0.4) is 0 Å². The fraction of sp³-hybridized carbons (Fsp3) is 0.200. The van der Waals surface area contributed by atoms with E-state index in [-0.39, 0.29) is 11.8 Å². The van der Waals surface area contributed by atoms with Gasteiger partial charge in [0.1, 0.15) is 5.58 Å². The molecule has 1 aromatic carbocycles. The number of benzene rings is 1. The Morgan fingerprint density at radius 3 is 2.56 bits per heavy atom. The summed E-state index contributed by atoms with van der Waals surface area (Å²) in [6, 6.07) is 11.3. The van der Waals surface area contributed by atoms with Gasteiger partial charge in [-0.1, -0.05) is 0 Å². The number of furan rings is 1. The van der Waals surface area contributed by atoms with Crippen LogP contribution in [0.15, 0.2) is 62.4 Å². The maximum atomic E-state index is 11.9. The van der Waals surface area contributed by atoms with Crippen LogP contribution in [0, 0.1) is 0 Å².